The van der Waals surface area contributed by atoms with Crippen molar-refractivity contribution in [3.63, 3.8) is 0 Å². The Morgan fingerprint density at radius 3 is 2.38 bits per heavy atom. The predicted octanol–water partition coefficient (Wildman–Crippen LogP) is 3.67. The van der Waals surface area contributed by atoms with E-state index >= 15 is 0 Å². The average molecular weight is 511 g/mol. The maximum Gasteiger partial charge on any atom is 0.251 e. The van der Waals surface area contributed by atoms with Crippen molar-refractivity contribution in [2.75, 3.05) is 12.4 Å². The maximum atomic E-state index is 14.3. The minimum atomic E-state index is -0.996. The molecule has 0 bridgehead atoms. The highest BCUT2D eigenvalue weighted by Gasteiger charge is 2.42. The van der Waals surface area contributed by atoms with Gasteiger partial charge in [-0.25, -0.2) is 4.39 Å². The number of anilines is 1. The van der Waals surface area contributed by atoms with Crippen LogP contribution in [0.15, 0.2) is 42.5 Å². The van der Waals surface area contributed by atoms with Crippen molar-refractivity contribution >= 4 is 47.4 Å². The summed E-state index contributed by atoms with van der Waals surface area (Å²) >= 11 is 6.08. The van der Waals surface area contributed by atoms with Gasteiger partial charge in [-0.15, -0.1) is 12.4 Å². The van der Waals surface area contributed by atoms with Crippen LogP contribution in [0.3, 0.4) is 0 Å². The van der Waals surface area contributed by atoms with Gasteiger partial charge in [0, 0.05) is 6.54 Å². The number of carbonyl (C=O) groups excluding carboxylic acids is 3. The number of rotatable bonds is 7. The second-order valence-electron chi connectivity index (χ2n) is 8.39. The first kappa shape index (κ1) is 27.6. The summed E-state index contributed by atoms with van der Waals surface area (Å²) < 4.78 is 14.3. The Hall–Kier alpha value is -2.68. The molecule has 2 aromatic carbocycles. The maximum absolute atomic E-state index is 14.3. The monoisotopic (exact) mass is 510 g/mol. The number of halogens is 3. The minimum absolute atomic E-state index is 0. The zero-order chi connectivity index (χ0) is 24.3. The molecule has 1 heterocycles. The molecule has 2 aromatic rings. The Kier molecular flexibility index (Phi) is 9.44. The first-order valence-corrected chi connectivity index (χ1v) is 11.1. The van der Waals surface area contributed by atoms with Crippen LogP contribution >= 0.6 is 24.0 Å². The van der Waals surface area contributed by atoms with Crippen molar-refractivity contribution < 1.29 is 18.8 Å². The van der Waals surface area contributed by atoms with Gasteiger partial charge in [-0.3, -0.25) is 14.4 Å². The smallest absolute Gasteiger partial charge is 0.251 e. The molecule has 0 saturated carbocycles. The number of likely N-dealkylation sites (N-methyl/N-ethyl adjacent to an activating group) is 1. The van der Waals surface area contributed by atoms with Crippen LogP contribution in [0.25, 0.3) is 0 Å². The topological polar surface area (TPSA) is 90.5 Å². The molecule has 3 N–H and O–H groups in total. The summed E-state index contributed by atoms with van der Waals surface area (Å²) in [5, 5.41) is 8.24. The number of para-hydroxylation sites is 1. The summed E-state index contributed by atoms with van der Waals surface area (Å²) in [4.78, 5) is 40.9. The first-order valence-electron chi connectivity index (χ1n) is 10.8. The highest BCUT2D eigenvalue weighted by Crippen LogP contribution is 2.36. The van der Waals surface area contributed by atoms with Crippen LogP contribution in [0.5, 0.6) is 0 Å². The van der Waals surface area contributed by atoms with Crippen LogP contribution in [0.2, 0.25) is 5.02 Å². The van der Waals surface area contributed by atoms with E-state index in [9.17, 15) is 18.8 Å². The molecule has 1 aliphatic rings. The van der Waals surface area contributed by atoms with Crippen LogP contribution < -0.4 is 16.0 Å². The molecule has 0 unspecified atom stereocenters. The van der Waals surface area contributed by atoms with Gasteiger partial charge in [0.25, 0.3) is 5.91 Å². The van der Waals surface area contributed by atoms with E-state index in [-0.39, 0.29) is 41.5 Å². The van der Waals surface area contributed by atoms with E-state index in [0.29, 0.717) is 5.56 Å². The third kappa shape index (κ3) is 5.68. The Labute approximate surface area is 209 Å². The second-order valence-corrected chi connectivity index (χ2v) is 8.80. The van der Waals surface area contributed by atoms with Gasteiger partial charge < -0.3 is 20.9 Å². The van der Waals surface area contributed by atoms with Gasteiger partial charge in [0.15, 0.2) is 0 Å². The Balaban J connectivity index is 0.00000408. The summed E-state index contributed by atoms with van der Waals surface area (Å²) in [5.41, 5.74) is 1.31. The molecular weight excluding hydrogens is 482 g/mol. The fourth-order valence-electron chi connectivity index (χ4n) is 3.79. The van der Waals surface area contributed by atoms with Crippen molar-refractivity contribution in [1.29, 1.82) is 0 Å². The van der Waals surface area contributed by atoms with Gasteiger partial charge in [-0.05, 0) is 43.1 Å². The molecular formula is C24H29Cl2FN4O3. The van der Waals surface area contributed by atoms with Crippen LogP contribution in [-0.4, -0.2) is 41.8 Å². The largest absolute Gasteiger partial charge is 0.343 e. The van der Waals surface area contributed by atoms with E-state index < -0.39 is 35.8 Å². The molecule has 1 aliphatic heterocycles. The van der Waals surface area contributed by atoms with Gasteiger partial charge in [0.1, 0.15) is 17.9 Å². The number of hydrogen-bond donors (Lipinski definition) is 3. The number of nitrogens with zero attached hydrogens (tertiary/aromatic N) is 1. The zero-order valence-corrected chi connectivity index (χ0v) is 21.0. The summed E-state index contributed by atoms with van der Waals surface area (Å²) in [6, 6.07) is 8.99. The number of carbonyl (C=O) groups is 3. The highest BCUT2D eigenvalue weighted by molar-refractivity contribution is 6.33. The lowest BCUT2D eigenvalue weighted by atomic mass is 10.0. The number of nitrogens with one attached hydrogen (secondary N) is 3. The molecule has 0 saturated heterocycles. The fourth-order valence-corrected chi connectivity index (χ4v) is 4.00. The van der Waals surface area contributed by atoms with E-state index in [1.807, 2.05) is 26.0 Å². The summed E-state index contributed by atoms with van der Waals surface area (Å²) in [6.07, 6.45) is 0. The standard InChI is InChI=1S/C24H28ClFN4O3.ClH/c1-13(2)19(28-22(31)14(3)27-4)24(33)30-12-15-8-5-6-9-16(15)21(30)23(32)29-20-17(25)10-7-11-18(20)26;/h5-11,13-14,19,21,27H,12H2,1-4H3,(H,28,31)(H,29,32);1H/t14-,19-,21-;/m0./s1. The molecule has 0 radical (unpaired) electrons. The molecule has 0 aliphatic carbocycles. The molecule has 0 spiro atoms. The van der Waals surface area contributed by atoms with Crippen molar-refractivity contribution in [2.45, 2.75) is 45.4 Å². The first-order chi connectivity index (χ1) is 15.6. The highest BCUT2D eigenvalue weighted by atomic mass is 35.5. The predicted molar refractivity (Wildman–Crippen MR) is 132 cm³/mol. The van der Waals surface area contributed by atoms with Gasteiger partial charge in [0.05, 0.1) is 16.8 Å². The van der Waals surface area contributed by atoms with Gasteiger partial charge >= 0.3 is 0 Å². The van der Waals surface area contributed by atoms with Gasteiger partial charge in [-0.1, -0.05) is 55.8 Å². The SMILES string of the molecule is CN[C@@H](C)C(=O)N[C@H](C(=O)N1Cc2ccccc2[C@H]1C(=O)Nc1c(F)cccc1Cl)C(C)C.Cl. The van der Waals surface area contributed by atoms with E-state index in [4.69, 9.17) is 11.6 Å². The third-order valence-corrected chi connectivity index (χ3v) is 6.12. The molecule has 0 fully saturated rings. The molecule has 7 nitrogen and oxygen atoms in total. The third-order valence-electron chi connectivity index (χ3n) is 5.80. The molecule has 3 rings (SSSR count). The molecule has 184 valence electrons. The normalized spacial score (nSPS) is 16.3. The average Bonchev–Trinajstić information content (AvgIpc) is 3.18. The number of amides is 3. The van der Waals surface area contributed by atoms with Crippen molar-refractivity contribution in [1.82, 2.24) is 15.5 Å². The van der Waals surface area contributed by atoms with Gasteiger partial charge in [0.2, 0.25) is 11.8 Å². The van der Waals surface area contributed by atoms with Crippen LogP contribution in [-0.2, 0) is 20.9 Å². The molecule has 3 atom stereocenters. The molecule has 34 heavy (non-hydrogen) atoms. The van der Waals surface area contributed by atoms with Crippen molar-refractivity contribution in [3.8, 4) is 0 Å². The van der Waals surface area contributed by atoms with Crippen LogP contribution in [0.1, 0.15) is 37.9 Å². The lowest BCUT2D eigenvalue weighted by molar-refractivity contribution is -0.143. The van der Waals surface area contributed by atoms with E-state index in [1.165, 1.54) is 23.1 Å². The number of fused-ring (bicyclic) bond motifs is 1. The van der Waals surface area contributed by atoms with Crippen molar-refractivity contribution in [2.24, 2.45) is 5.92 Å². The molecule has 10 heteroatoms. The quantitative estimate of drug-likeness (QED) is 0.529. The zero-order valence-electron chi connectivity index (χ0n) is 19.4. The summed E-state index contributed by atoms with van der Waals surface area (Å²) in [6.45, 7) is 5.53. The number of hydrogen-bond acceptors (Lipinski definition) is 4. The molecule has 0 aromatic heterocycles. The van der Waals surface area contributed by atoms with Gasteiger partial charge in [-0.2, -0.15) is 0 Å². The lowest BCUT2D eigenvalue weighted by Gasteiger charge is -2.31. The summed E-state index contributed by atoms with van der Waals surface area (Å²) in [5.74, 6) is -2.19. The Morgan fingerprint density at radius 2 is 1.76 bits per heavy atom. The number of benzene rings is 2. The van der Waals surface area contributed by atoms with E-state index in [1.54, 1.807) is 26.1 Å². The van der Waals surface area contributed by atoms with Crippen LogP contribution in [0.4, 0.5) is 10.1 Å². The van der Waals surface area contributed by atoms with Crippen LogP contribution in [0, 0.1) is 11.7 Å². The fraction of sp³-hybridized carbons (Fsp3) is 0.375. The summed E-state index contributed by atoms with van der Waals surface area (Å²) in [7, 11) is 1.65. The van der Waals surface area contributed by atoms with Crippen molar-refractivity contribution in [3.05, 3.63) is 64.4 Å². The second kappa shape index (κ2) is 11.6. The molecule has 3 amide bonds. The van der Waals surface area contributed by atoms with E-state index in [0.717, 1.165) is 5.56 Å². The minimum Gasteiger partial charge on any atom is -0.343 e. The lowest BCUT2D eigenvalue weighted by Crippen LogP contribution is -2.55. The van der Waals surface area contributed by atoms with E-state index in [2.05, 4.69) is 16.0 Å². The Morgan fingerprint density at radius 1 is 1.09 bits per heavy atom. The Bertz CT molecular complexity index is 1050.